The number of benzene rings is 2. The molecule has 0 radical (unpaired) electrons. The van der Waals surface area contributed by atoms with Crippen molar-refractivity contribution in [2.75, 3.05) is 0 Å². The number of pyridine rings is 1. The number of aliphatic imine (C=N–C) groups is 1. The summed E-state index contributed by atoms with van der Waals surface area (Å²) in [6, 6.07) is 16.9. The third-order valence-electron chi connectivity index (χ3n) is 3.68. The predicted molar refractivity (Wildman–Crippen MR) is 84.5 cm³/mol. The molecule has 0 saturated carbocycles. The minimum atomic E-state index is 0.911. The molecule has 3 rings (SSSR count). The van der Waals surface area contributed by atoms with Crippen molar-refractivity contribution in [1.82, 2.24) is 0 Å². The summed E-state index contributed by atoms with van der Waals surface area (Å²) in [6.07, 6.45) is 2.04. The second kappa shape index (κ2) is 4.89. The largest absolute Gasteiger partial charge is 0.258 e. The highest BCUT2D eigenvalue weighted by Crippen LogP contribution is 2.31. The van der Waals surface area contributed by atoms with Crippen molar-refractivity contribution < 1.29 is 4.57 Å². The van der Waals surface area contributed by atoms with Gasteiger partial charge in [-0.1, -0.05) is 30.3 Å². The first kappa shape index (κ1) is 12.5. The molecule has 2 heteroatoms. The van der Waals surface area contributed by atoms with Gasteiger partial charge in [-0.3, -0.25) is 4.99 Å². The first-order chi connectivity index (χ1) is 9.70. The molecule has 0 amide bonds. The Morgan fingerprint density at radius 3 is 2.40 bits per heavy atom. The Labute approximate surface area is 119 Å². The van der Waals surface area contributed by atoms with Gasteiger partial charge in [0.15, 0.2) is 6.20 Å². The molecule has 2 nitrogen and oxygen atoms in total. The third-order valence-corrected chi connectivity index (χ3v) is 3.68. The molecule has 0 N–H and O–H groups in total. The molecule has 0 spiro atoms. The van der Waals surface area contributed by atoms with E-state index >= 15 is 0 Å². The second-order valence-corrected chi connectivity index (χ2v) is 5.03. The van der Waals surface area contributed by atoms with Crippen LogP contribution in [0.15, 0.2) is 59.7 Å². The molecule has 1 aromatic heterocycles. The van der Waals surface area contributed by atoms with Crippen molar-refractivity contribution in [3.05, 3.63) is 60.3 Å². The Hall–Kier alpha value is -2.48. The molecular weight excluding hydrogens is 244 g/mol. The van der Waals surface area contributed by atoms with Gasteiger partial charge in [0.2, 0.25) is 5.69 Å². The van der Waals surface area contributed by atoms with Crippen molar-refractivity contribution in [2.24, 2.45) is 12.0 Å². The second-order valence-electron chi connectivity index (χ2n) is 5.03. The molecule has 0 aliphatic rings. The van der Waals surface area contributed by atoms with E-state index in [0.717, 1.165) is 11.4 Å². The van der Waals surface area contributed by atoms with E-state index in [-0.39, 0.29) is 0 Å². The maximum atomic E-state index is 4.16. The summed E-state index contributed by atoms with van der Waals surface area (Å²) < 4.78 is 2.10. The van der Waals surface area contributed by atoms with Gasteiger partial charge < -0.3 is 0 Å². The number of rotatable bonds is 2. The monoisotopic (exact) mass is 261 g/mol. The standard InChI is InChI=1S/C18H17N2/c1-13-11-14-7-4-5-8-15(14)12-16(13)18-17(19-2)9-6-10-20(18)3/h4-12H,2H2,1,3H3/q+1. The Morgan fingerprint density at radius 2 is 1.70 bits per heavy atom. The summed E-state index contributed by atoms with van der Waals surface area (Å²) in [5, 5.41) is 2.51. The molecule has 3 aromatic rings. The van der Waals surface area contributed by atoms with Gasteiger partial charge in [0.05, 0.1) is 5.56 Å². The highest BCUT2D eigenvalue weighted by Gasteiger charge is 2.17. The lowest BCUT2D eigenvalue weighted by molar-refractivity contribution is -0.659. The Kier molecular flexibility index (Phi) is 3.07. The van der Waals surface area contributed by atoms with E-state index in [1.54, 1.807) is 0 Å². The van der Waals surface area contributed by atoms with Crippen LogP contribution in [0.5, 0.6) is 0 Å². The van der Waals surface area contributed by atoms with Gasteiger partial charge in [0, 0.05) is 6.07 Å². The molecule has 0 saturated heterocycles. The van der Waals surface area contributed by atoms with Gasteiger partial charge in [0.25, 0.3) is 0 Å². The highest BCUT2D eigenvalue weighted by molar-refractivity contribution is 5.89. The molecule has 0 atom stereocenters. The van der Waals surface area contributed by atoms with Crippen LogP contribution in [0, 0.1) is 6.92 Å². The van der Waals surface area contributed by atoms with Crippen LogP contribution in [0.1, 0.15) is 5.56 Å². The maximum Gasteiger partial charge on any atom is 0.238 e. The minimum absolute atomic E-state index is 0.911. The molecule has 2 aromatic carbocycles. The smallest absolute Gasteiger partial charge is 0.238 e. The molecule has 0 aliphatic heterocycles. The van der Waals surface area contributed by atoms with E-state index < -0.39 is 0 Å². The van der Waals surface area contributed by atoms with Crippen molar-refractivity contribution >= 4 is 23.2 Å². The normalized spacial score (nSPS) is 10.7. The zero-order valence-electron chi connectivity index (χ0n) is 11.8. The van der Waals surface area contributed by atoms with Gasteiger partial charge in [-0.2, -0.15) is 4.57 Å². The van der Waals surface area contributed by atoms with Crippen molar-refractivity contribution in [3.8, 4) is 11.3 Å². The topological polar surface area (TPSA) is 16.2 Å². The van der Waals surface area contributed by atoms with Crippen LogP contribution in [0.2, 0.25) is 0 Å². The highest BCUT2D eigenvalue weighted by atomic mass is 14.9. The van der Waals surface area contributed by atoms with Gasteiger partial charge in [-0.15, -0.1) is 0 Å². The summed E-state index contributed by atoms with van der Waals surface area (Å²) >= 11 is 0. The molecule has 0 bridgehead atoms. The molecule has 0 fully saturated rings. The lowest BCUT2D eigenvalue weighted by Crippen LogP contribution is -2.30. The maximum absolute atomic E-state index is 4.16. The Morgan fingerprint density at radius 1 is 1.00 bits per heavy atom. The zero-order chi connectivity index (χ0) is 14.1. The Balaban J connectivity index is 2.35. The number of aryl methyl sites for hydroxylation is 2. The van der Waals surface area contributed by atoms with Gasteiger partial charge in [0.1, 0.15) is 12.7 Å². The van der Waals surface area contributed by atoms with Crippen LogP contribution in [0.25, 0.3) is 22.0 Å². The van der Waals surface area contributed by atoms with E-state index in [1.807, 2.05) is 25.4 Å². The molecule has 0 unspecified atom stereocenters. The number of hydrogen-bond acceptors (Lipinski definition) is 1. The molecule has 20 heavy (non-hydrogen) atoms. The first-order valence-electron chi connectivity index (χ1n) is 6.66. The number of aromatic nitrogens is 1. The van der Waals surface area contributed by atoms with E-state index in [9.17, 15) is 0 Å². The van der Waals surface area contributed by atoms with Gasteiger partial charge >= 0.3 is 0 Å². The fraction of sp³-hybridized carbons (Fsp3) is 0.111. The van der Waals surface area contributed by atoms with E-state index in [4.69, 9.17) is 0 Å². The average molecular weight is 261 g/mol. The molecule has 0 aliphatic carbocycles. The lowest BCUT2D eigenvalue weighted by atomic mass is 9.98. The Bertz CT molecular complexity index is 804. The summed E-state index contributed by atoms with van der Waals surface area (Å²) in [5.74, 6) is 0. The quantitative estimate of drug-likeness (QED) is 0.490. The van der Waals surface area contributed by atoms with Crippen molar-refractivity contribution in [1.29, 1.82) is 0 Å². The zero-order valence-corrected chi connectivity index (χ0v) is 11.8. The fourth-order valence-corrected chi connectivity index (χ4v) is 2.66. The van der Waals surface area contributed by atoms with Crippen LogP contribution >= 0.6 is 0 Å². The number of hydrogen-bond donors (Lipinski definition) is 0. The lowest BCUT2D eigenvalue weighted by Gasteiger charge is -2.08. The number of nitrogens with zero attached hydrogens (tertiary/aromatic N) is 2. The molecule has 1 heterocycles. The SMILES string of the molecule is C=Nc1ccc[n+](C)c1-c1cc2ccccc2cc1C. The van der Waals surface area contributed by atoms with Crippen LogP contribution in [-0.4, -0.2) is 6.72 Å². The van der Waals surface area contributed by atoms with Crippen molar-refractivity contribution in [2.45, 2.75) is 6.92 Å². The van der Waals surface area contributed by atoms with Gasteiger partial charge in [-0.05, 0) is 42.1 Å². The molecule has 98 valence electrons. The summed E-state index contributed by atoms with van der Waals surface area (Å²) in [4.78, 5) is 4.16. The van der Waals surface area contributed by atoms with Crippen LogP contribution in [0.3, 0.4) is 0 Å². The van der Waals surface area contributed by atoms with Crippen LogP contribution in [-0.2, 0) is 7.05 Å². The molecular formula is C18H17N2+. The summed E-state index contributed by atoms with van der Waals surface area (Å²) in [5.41, 5.74) is 4.46. The van der Waals surface area contributed by atoms with Crippen LogP contribution < -0.4 is 4.57 Å². The van der Waals surface area contributed by atoms with Crippen LogP contribution in [0.4, 0.5) is 5.69 Å². The van der Waals surface area contributed by atoms with Gasteiger partial charge in [-0.25, -0.2) is 0 Å². The van der Waals surface area contributed by atoms with E-state index in [0.29, 0.717) is 0 Å². The minimum Gasteiger partial charge on any atom is -0.258 e. The van der Waals surface area contributed by atoms with Crippen molar-refractivity contribution in [3.63, 3.8) is 0 Å². The van der Waals surface area contributed by atoms with E-state index in [1.165, 1.54) is 21.9 Å². The average Bonchev–Trinajstić information content (AvgIpc) is 2.46. The first-order valence-corrected chi connectivity index (χ1v) is 6.66. The third kappa shape index (κ3) is 1.99. The van der Waals surface area contributed by atoms with E-state index in [2.05, 4.69) is 59.6 Å². The fourth-order valence-electron chi connectivity index (χ4n) is 2.66. The predicted octanol–water partition coefficient (Wildman–Crippen LogP) is 3.97. The summed E-state index contributed by atoms with van der Waals surface area (Å²) in [6.45, 7) is 5.83. The number of fused-ring (bicyclic) bond motifs is 1. The summed E-state index contributed by atoms with van der Waals surface area (Å²) in [7, 11) is 2.04.